The molecule has 0 aromatic heterocycles. The van der Waals surface area contributed by atoms with Crippen molar-refractivity contribution in [3.8, 4) is 0 Å². The van der Waals surface area contributed by atoms with Gasteiger partial charge in [-0.25, -0.2) is 9.59 Å². The number of rotatable bonds is 5. The van der Waals surface area contributed by atoms with Gasteiger partial charge in [0.25, 0.3) is 0 Å². The Balaban J connectivity index is 1.03. The Morgan fingerprint density at radius 3 is 2.38 bits per heavy atom. The number of carbonyl (C=O) groups is 2. The molecule has 0 radical (unpaired) electrons. The Kier molecular flexibility index (Phi) is 8.28. The summed E-state index contributed by atoms with van der Waals surface area (Å²) in [6, 6.07) is 0. The third-order valence-corrected chi connectivity index (χ3v) is 14.8. The molecule has 0 aromatic carbocycles. The number of carbonyl (C=O) groups excluding carboxylic acids is 2. The molecule has 7 fully saturated rings. The molecule has 2 aliphatic heterocycles. The van der Waals surface area contributed by atoms with Crippen LogP contribution in [0.4, 0.5) is 9.59 Å². The van der Waals surface area contributed by atoms with Crippen LogP contribution in [-0.4, -0.2) is 73.1 Å². The summed E-state index contributed by atoms with van der Waals surface area (Å²) in [6.45, 7) is 18.8. The summed E-state index contributed by atoms with van der Waals surface area (Å²) in [6.07, 6.45) is 10.8. The minimum absolute atomic E-state index is 0.0390. The molecule has 2 spiro atoms. The molecule has 0 aromatic rings. The number of amides is 2. The van der Waals surface area contributed by atoms with Crippen LogP contribution in [0.15, 0.2) is 0 Å². The smallest absolute Gasteiger partial charge is 0.410 e. The average molecular weight is 659 g/mol. The van der Waals surface area contributed by atoms with E-state index in [1.165, 1.54) is 38.5 Å². The second kappa shape index (κ2) is 11.5. The minimum Gasteiger partial charge on any atom is -0.444 e. The molecule has 2 saturated heterocycles. The molecule has 7 rings (SSSR count). The number of ether oxygens (including phenoxy) is 5. The van der Waals surface area contributed by atoms with Crippen molar-refractivity contribution >= 4 is 12.2 Å². The van der Waals surface area contributed by atoms with Crippen LogP contribution in [0.2, 0.25) is 0 Å². The third-order valence-electron chi connectivity index (χ3n) is 14.8. The zero-order chi connectivity index (χ0) is 33.7. The van der Waals surface area contributed by atoms with E-state index < -0.39 is 18.0 Å². The highest BCUT2D eigenvalue weighted by Gasteiger charge is 2.80. The van der Waals surface area contributed by atoms with E-state index in [1.807, 2.05) is 20.8 Å². The molecule has 0 bridgehead atoms. The molecule has 2 amide bonds. The van der Waals surface area contributed by atoms with E-state index in [0.29, 0.717) is 53.7 Å². The van der Waals surface area contributed by atoms with Crippen LogP contribution in [-0.2, 0) is 23.7 Å². The molecule has 7 aliphatic rings. The fourth-order valence-corrected chi connectivity index (χ4v) is 12.9. The molecule has 2 N–H and O–H groups in total. The van der Waals surface area contributed by atoms with Gasteiger partial charge in [-0.3, -0.25) is 0 Å². The third kappa shape index (κ3) is 5.42. The van der Waals surface area contributed by atoms with Crippen molar-refractivity contribution in [2.75, 3.05) is 19.7 Å². The van der Waals surface area contributed by atoms with Crippen molar-refractivity contribution in [2.45, 2.75) is 156 Å². The number of fused-ring (bicyclic) bond motifs is 4. The van der Waals surface area contributed by atoms with Crippen LogP contribution in [0.5, 0.6) is 0 Å². The number of hydrogen-bond donors (Lipinski definition) is 1. The maximum absolute atomic E-state index is 12.8. The first-order valence-corrected chi connectivity index (χ1v) is 18.9. The zero-order valence-corrected chi connectivity index (χ0v) is 30.3. The maximum atomic E-state index is 12.8. The molecule has 47 heavy (non-hydrogen) atoms. The predicted octanol–water partition coefficient (Wildman–Crippen LogP) is 7.29. The van der Waals surface area contributed by atoms with E-state index in [9.17, 15) is 9.59 Å². The van der Waals surface area contributed by atoms with Crippen LogP contribution >= 0.6 is 0 Å². The SMILES string of the molecule is CC(C)[C@@H](OC(N)=O)C1CCC2C(CC3C4CCC5C(C)(C)[C@@H](OC6CN(C(=O)OC(C)(C)C)CCO6)CC[C@@]56C[C@@]46CC[C@]23C)O1. The summed E-state index contributed by atoms with van der Waals surface area (Å²) >= 11 is 0. The van der Waals surface area contributed by atoms with Crippen molar-refractivity contribution in [1.82, 2.24) is 4.90 Å². The Morgan fingerprint density at radius 1 is 0.936 bits per heavy atom. The lowest BCUT2D eigenvalue weighted by molar-refractivity contribution is -0.243. The van der Waals surface area contributed by atoms with E-state index >= 15 is 0 Å². The van der Waals surface area contributed by atoms with Gasteiger partial charge in [0.2, 0.25) is 0 Å². The van der Waals surface area contributed by atoms with E-state index in [1.54, 1.807) is 4.90 Å². The quantitative estimate of drug-likeness (QED) is 0.330. The summed E-state index contributed by atoms with van der Waals surface area (Å²) in [7, 11) is 0. The first kappa shape index (κ1) is 33.9. The second-order valence-corrected chi connectivity index (χ2v) is 18.8. The van der Waals surface area contributed by atoms with Gasteiger partial charge in [0.1, 0.15) is 11.7 Å². The van der Waals surface area contributed by atoms with Gasteiger partial charge >= 0.3 is 12.2 Å². The van der Waals surface area contributed by atoms with Gasteiger partial charge in [0, 0.05) is 6.54 Å². The molecule has 9 nitrogen and oxygen atoms in total. The van der Waals surface area contributed by atoms with Crippen LogP contribution in [0, 0.1) is 51.2 Å². The molecule has 266 valence electrons. The Bertz CT molecular complexity index is 1230. The van der Waals surface area contributed by atoms with Crippen molar-refractivity contribution in [2.24, 2.45) is 57.0 Å². The van der Waals surface area contributed by atoms with E-state index in [4.69, 9.17) is 29.4 Å². The molecule has 12 atom stereocenters. The standard InChI is InChI=1S/C38H62N2O7/c1-22(2)31(46-32(39)41)26-11-9-24-27(44-26)19-25-23-10-12-28-35(6,7)29(13-14-38(28)21-37(23,38)16-15-36(24,25)8)45-30-20-40(17-18-43-30)33(42)47-34(3,4)5/h22-31H,9-21H2,1-8H3,(H2,39,41)/t23?,24?,25?,26?,27?,28?,29-,30?,31+,36+,37-,38+/m0/s1. The first-order valence-electron chi connectivity index (χ1n) is 18.9. The lowest BCUT2D eigenvalue weighted by Gasteiger charge is -2.60. The molecule has 5 saturated carbocycles. The number of hydrogen-bond acceptors (Lipinski definition) is 7. The lowest BCUT2D eigenvalue weighted by atomic mass is 9.46. The number of nitrogens with two attached hydrogens (primary N) is 1. The van der Waals surface area contributed by atoms with Gasteiger partial charge in [-0.15, -0.1) is 0 Å². The molecular weight excluding hydrogens is 596 g/mol. The van der Waals surface area contributed by atoms with Crippen molar-refractivity contribution in [1.29, 1.82) is 0 Å². The maximum Gasteiger partial charge on any atom is 0.410 e. The Hall–Kier alpha value is -1.58. The van der Waals surface area contributed by atoms with E-state index in [0.717, 1.165) is 31.6 Å². The summed E-state index contributed by atoms with van der Waals surface area (Å²) in [5.41, 5.74) is 6.19. The largest absolute Gasteiger partial charge is 0.444 e. The summed E-state index contributed by atoms with van der Waals surface area (Å²) < 4.78 is 31.0. The van der Waals surface area contributed by atoms with Gasteiger partial charge in [-0.1, -0.05) is 34.6 Å². The van der Waals surface area contributed by atoms with Crippen LogP contribution in [0.25, 0.3) is 0 Å². The topological polar surface area (TPSA) is 110 Å². The van der Waals surface area contributed by atoms with Crippen LogP contribution < -0.4 is 5.73 Å². The summed E-state index contributed by atoms with van der Waals surface area (Å²) in [4.78, 5) is 26.3. The van der Waals surface area contributed by atoms with E-state index in [-0.39, 0.29) is 41.8 Å². The fourth-order valence-electron chi connectivity index (χ4n) is 12.9. The second-order valence-electron chi connectivity index (χ2n) is 18.8. The minimum atomic E-state index is -0.698. The van der Waals surface area contributed by atoms with Gasteiger partial charge < -0.3 is 34.3 Å². The zero-order valence-electron chi connectivity index (χ0n) is 30.3. The monoisotopic (exact) mass is 658 g/mol. The highest BCUT2D eigenvalue weighted by atomic mass is 16.7. The highest BCUT2D eigenvalue weighted by Crippen LogP contribution is 2.87. The molecular formula is C38H62N2O7. The van der Waals surface area contributed by atoms with Crippen molar-refractivity contribution in [3.63, 3.8) is 0 Å². The van der Waals surface area contributed by atoms with Crippen LogP contribution in [0.1, 0.15) is 120 Å². The van der Waals surface area contributed by atoms with Crippen LogP contribution in [0.3, 0.4) is 0 Å². The molecule has 7 unspecified atom stereocenters. The van der Waals surface area contributed by atoms with E-state index in [2.05, 4.69) is 34.6 Å². The van der Waals surface area contributed by atoms with Gasteiger partial charge in [0.15, 0.2) is 6.29 Å². The first-order chi connectivity index (χ1) is 22.0. The normalized spacial score (nSPS) is 45.9. The van der Waals surface area contributed by atoms with Gasteiger partial charge in [0.05, 0.1) is 31.5 Å². The predicted molar refractivity (Wildman–Crippen MR) is 177 cm³/mol. The highest BCUT2D eigenvalue weighted by molar-refractivity contribution is 5.68. The van der Waals surface area contributed by atoms with Crippen molar-refractivity contribution in [3.05, 3.63) is 0 Å². The molecule has 9 heteroatoms. The number of nitrogens with zero attached hydrogens (tertiary/aromatic N) is 1. The summed E-state index contributed by atoms with van der Waals surface area (Å²) in [5, 5.41) is 0. The van der Waals surface area contributed by atoms with Gasteiger partial charge in [-0.05, 0) is 136 Å². The Labute approximate surface area is 282 Å². The Morgan fingerprint density at radius 2 is 1.68 bits per heavy atom. The number of primary amides is 1. The fraction of sp³-hybridized carbons (Fsp3) is 0.947. The lowest BCUT2D eigenvalue weighted by Crippen LogP contribution is -2.56. The molecule has 5 aliphatic carbocycles. The average Bonchev–Trinajstić information content (AvgIpc) is 3.56. The van der Waals surface area contributed by atoms with Crippen molar-refractivity contribution < 1.29 is 33.3 Å². The van der Waals surface area contributed by atoms with Gasteiger partial charge in [-0.2, -0.15) is 0 Å². The summed E-state index contributed by atoms with van der Waals surface area (Å²) in [5.74, 6) is 2.87. The number of morpholine rings is 1. The molecule has 2 heterocycles.